The fraction of sp³-hybridized carbons (Fsp3) is 0.412. The van der Waals surface area contributed by atoms with Crippen LogP contribution in [0.4, 0.5) is 16.0 Å². The number of nitrogens with one attached hydrogen (secondary N) is 1. The Balaban J connectivity index is 1.63. The number of anilines is 2. The molecule has 122 valence electrons. The number of halogens is 1. The molecule has 0 radical (unpaired) electrons. The number of hydrogen-bond acceptors (Lipinski definition) is 5. The number of hydrogen-bond donors (Lipinski definition) is 1. The van der Waals surface area contributed by atoms with Crippen LogP contribution in [-0.4, -0.2) is 47.6 Å². The summed E-state index contributed by atoms with van der Waals surface area (Å²) >= 11 is 0. The molecule has 6 heteroatoms. The maximum atomic E-state index is 13.6. The zero-order valence-corrected chi connectivity index (χ0v) is 13.4. The fourth-order valence-corrected chi connectivity index (χ4v) is 2.74. The molecule has 0 unspecified atom stereocenters. The first-order valence-corrected chi connectivity index (χ1v) is 8.03. The predicted octanol–water partition coefficient (Wildman–Crippen LogP) is 2.37. The second-order valence-corrected chi connectivity index (χ2v) is 5.63. The molecular weight excluding hydrogens is 293 g/mol. The van der Waals surface area contributed by atoms with Gasteiger partial charge in [0, 0.05) is 44.4 Å². The average molecular weight is 315 g/mol. The van der Waals surface area contributed by atoms with E-state index in [4.69, 9.17) is 0 Å². The molecule has 0 amide bonds. The van der Waals surface area contributed by atoms with Gasteiger partial charge in [-0.05, 0) is 12.6 Å². The lowest BCUT2D eigenvalue weighted by molar-refractivity contribution is 0.270. The van der Waals surface area contributed by atoms with E-state index in [1.807, 2.05) is 12.1 Å². The highest BCUT2D eigenvalue weighted by Gasteiger charge is 2.17. The lowest BCUT2D eigenvalue weighted by Crippen LogP contribution is -2.46. The minimum Gasteiger partial charge on any atom is -0.366 e. The third kappa shape index (κ3) is 3.96. The van der Waals surface area contributed by atoms with Gasteiger partial charge in [0.05, 0.1) is 0 Å². The molecule has 23 heavy (non-hydrogen) atoms. The van der Waals surface area contributed by atoms with Crippen molar-refractivity contribution in [3.63, 3.8) is 0 Å². The number of nitrogens with zero attached hydrogens (tertiary/aromatic N) is 4. The predicted molar refractivity (Wildman–Crippen MR) is 90.1 cm³/mol. The van der Waals surface area contributed by atoms with Crippen LogP contribution in [0.2, 0.25) is 0 Å². The van der Waals surface area contributed by atoms with E-state index in [0.29, 0.717) is 12.1 Å². The van der Waals surface area contributed by atoms with Gasteiger partial charge < -0.3 is 15.1 Å². The first-order valence-electron chi connectivity index (χ1n) is 8.03. The van der Waals surface area contributed by atoms with Gasteiger partial charge in [-0.25, -0.2) is 14.4 Å². The highest BCUT2D eigenvalue weighted by atomic mass is 19.1. The van der Waals surface area contributed by atoms with E-state index in [1.54, 1.807) is 18.5 Å². The molecule has 2 heterocycles. The van der Waals surface area contributed by atoms with E-state index >= 15 is 0 Å². The summed E-state index contributed by atoms with van der Waals surface area (Å²) in [5.41, 5.74) is 0.629. The van der Waals surface area contributed by atoms with Gasteiger partial charge in [0.1, 0.15) is 23.8 Å². The molecular formula is C17H22FN5. The zero-order valence-electron chi connectivity index (χ0n) is 13.4. The SMILES string of the molecule is CCN1CCN(c2cc(NCc3ccccc3F)ncn2)CC1. The monoisotopic (exact) mass is 315 g/mol. The molecule has 1 saturated heterocycles. The molecule has 1 N–H and O–H groups in total. The van der Waals surface area contributed by atoms with Gasteiger partial charge in [0.15, 0.2) is 0 Å². The van der Waals surface area contributed by atoms with Crippen molar-refractivity contribution < 1.29 is 4.39 Å². The van der Waals surface area contributed by atoms with E-state index in [0.717, 1.165) is 44.4 Å². The van der Waals surface area contributed by atoms with E-state index in [1.165, 1.54) is 6.07 Å². The van der Waals surface area contributed by atoms with Crippen molar-refractivity contribution in [1.82, 2.24) is 14.9 Å². The van der Waals surface area contributed by atoms with Gasteiger partial charge in [0.25, 0.3) is 0 Å². The van der Waals surface area contributed by atoms with Crippen LogP contribution in [0.1, 0.15) is 12.5 Å². The van der Waals surface area contributed by atoms with E-state index in [9.17, 15) is 4.39 Å². The Hall–Kier alpha value is -2.21. The van der Waals surface area contributed by atoms with Gasteiger partial charge in [-0.3, -0.25) is 0 Å². The Morgan fingerprint density at radius 3 is 2.65 bits per heavy atom. The molecule has 0 spiro atoms. The summed E-state index contributed by atoms with van der Waals surface area (Å²) in [6.07, 6.45) is 1.56. The summed E-state index contributed by atoms with van der Waals surface area (Å²) in [6, 6.07) is 8.70. The van der Waals surface area contributed by atoms with Crippen LogP contribution in [-0.2, 0) is 6.54 Å². The lowest BCUT2D eigenvalue weighted by Gasteiger charge is -2.34. The molecule has 0 atom stereocenters. The van der Waals surface area contributed by atoms with Crippen molar-refractivity contribution in [3.05, 3.63) is 48.0 Å². The molecule has 1 fully saturated rings. The average Bonchev–Trinajstić information content (AvgIpc) is 2.61. The Morgan fingerprint density at radius 2 is 1.91 bits per heavy atom. The largest absolute Gasteiger partial charge is 0.366 e. The molecule has 0 saturated carbocycles. The summed E-state index contributed by atoms with van der Waals surface area (Å²) in [5, 5.41) is 3.17. The Bertz CT molecular complexity index is 640. The zero-order chi connectivity index (χ0) is 16.1. The molecule has 2 aromatic rings. The van der Waals surface area contributed by atoms with Crippen molar-refractivity contribution in [1.29, 1.82) is 0 Å². The van der Waals surface area contributed by atoms with Gasteiger partial charge in [0.2, 0.25) is 0 Å². The second kappa shape index (κ2) is 7.37. The van der Waals surface area contributed by atoms with Crippen molar-refractivity contribution in [2.75, 3.05) is 42.9 Å². The van der Waals surface area contributed by atoms with Crippen LogP contribution in [0.5, 0.6) is 0 Å². The number of aromatic nitrogens is 2. The quantitative estimate of drug-likeness (QED) is 0.918. The maximum Gasteiger partial charge on any atom is 0.134 e. The highest BCUT2D eigenvalue weighted by molar-refractivity contribution is 5.49. The molecule has 1 aliphatic rings. The van der Waals surface area contributed by atoms with Crippen LogP contribution in [0.15, 0.2) is 36.7 Å². The molecule has 0 bridgehead atoms. The number of benzene rings is 1. The highest BCUT2D eigenvalue weighted by Crippen LogP contribution is 2.17. The summed E-state index contributed by atoms with van der Waals surface area (Å²) in [4.78, 5) is 13.3. The second-order valence-electron chi connectivity index (χ2n) is 5.63. The van der Waals surface area contributed by atoms with E-state index in [2.05, 4.69) is 32.0 Å². The van der Waals surface area contributed by atoms with Gasteiger partial charge in [-0.1, -0.05) is 25.1 Å². The number of likely N-dealkylation sites (N-methyl/N-ethyl adjacent to an activating group) is 1. The normalized spacial score (nSPS) is 15.7. The van der Waals surface area contributed by atoms with Crippen LogP contribution in [0.25, 0.3) is 0 Å². The first-order chi connectivity index (χ1) is 11.3. The number of piperazine rings is 1. The molecule has 1 aromatic carbocycles. The van der Waals surface area contributed by atoms with Crippen molar-refractivity contribution in [2.24, 2.45) is 0 Å². The van der Waals surface area contributed by atoms with Crippen LogP contribution < -0.4 is 10.2 Å². The van der Waals surface area contributed by atoms with Gasteiger partial charge in [-0.2, -0.15) is 0 Å². The Morgan fingerprint density at radius 1 is 1.13 bits per heavy atom. The maximum absolute atomic E-state index is 13.6. The van der Waals surface area contributed by atoms with Gasteiger partial charge >= 0.3 is 0 Å². The minimum absolute atomic E-state index is 0.204. The standard InChI is InChI=1S/C17H22FN5/c1-2-22-7-9-23(10-8-22)17-11-16(20-13-21-17)19-12-14-5-3-4-6-15(14)18/h3-6,11,13H,2,7-10,12H2,1H3,(H,19,20,21). The topological polar surface area (TPSA) is 44.3 Å². The van der Waals surface area contributed by atoms with Crippen molar-refractivity contribution in [2.45, 2.75) is 13.5 Å². The lowest BCUT2D eigenvalue weighted by atomic mass is 10.2. The fourth-order valence-electron chi connectivity index (χ4n) is 2.74. The Labute approximate surface area is 136 Å². The van der Waals surface area contributed by atoms with Crippen molar-refractivity contribution >= 4 is 11.6 Å². The molecule has 3 rings (SSSR count). The molecule has 5 nitrogen and oxygen atoms in total. The third-order valence-electron chi connectivity index (χ3n) is 4.21. The minimum atomic E-state index is -0.204. The number of rotatable bonds is 5. The van der Waals surface area contributed by atoms with Crippen LogP contribution in [0, 0.1) is 5.82 Å². The molecule has 0 aliphatic carbocycles. The van der Waals surface area contributed by atoms with E-state index < -0.39 is 0 Å². The van der Waals surface area contributed by atoms with E-state index in [-0.39, 0.29) is 5.82 Å². The van der Waals surface area contributed by atoms with Crippen LogP contribution in [0.3, 0.4) is 0 Å². The molecule has 1 aliphatic heterocycles. The van der Waals surface area contributed by atoms with Crippen molar-refractivity contribution in [3.8, 4) is 0 Å². The molecule has 1 aromatic heterocycles. The Kier molecular flexibility index (Phi) is 5.02. The first kappa shape index (κ1) is 15.7. The van der Waals surface area contributed by atoms with Gasteiger partial charge in [-0.15, -0.1) is 0 Å². The summed E-state index contributed by atoms with van der Waals surface area (Å²) in [7, 11) is 0. The van der Waals surface area contributed by atoms with Crippen LogP contribution >= 0.6 is 0 Å². The summed E-state index contributed by atoms with van der Waals surface area (Å²) in [6.45, 7) is 7.73. The smallest absolute Gasteiger partial charge is 0.134 e. The summed E-state index contributed by atoms with van der Waals surface area (Å²) in [5.74, 6) is 1.44. The summed E-state index contributed by atoms with van der Waals surface area (Å²) < 4.78 is 13.6. The third-order valence-corrected chi connectivity index (χ3v) is 4.21.